The van der Waals surface area contributed by atoms with Crippen molar-refractivity contribution in [2.24, 2.45) is 7.05 Å². The molecule has 2 aromatic carbocycles. The van der Waals surface area contributed by atoms with Gasteiger partial charge in [-0.15, -0.1) is 11.3 Å². The third-order valence-corrected chi connectivity index (χ3v) is 7.53. The van der Waals surface area contributed by atoms with Crippen LogP contribution in [0.15, 0.2) is 59.5 Å². The molecule has 10 heteroatoms. The van der Waals surface area contributed by atoms with Crippen LogP contribution >= 0.6 is 22.9 Å². The second kappa shape index (κ2) is 12.4. The minimum Gasteiger partial charge on any atom is -0.493 e. The number of hydrogen-bond donors (Lipinski definition) is 2. The average molecular weight is 557 g/mol. The highest BCUT2D eigenvalue weighted by Gasteiger charge is 2.17. The molecule has 1 atom stereocenters. The minimum absolute atomic E-state index is 0.0808. The Labute approximate surface area is 229 Å². The molecule has 2 N–H and O–H groups in total. The minimum atomic E-state index is -0.725. The summed E-state index contributed by atoms with van der Waals surface area (Å²) in [6, 6.07) is 14.2. The SMILES string of the molecule is COc1ccc(C(O)CCOCc2cc3c(=O)c(C(=O)NCc4ccc(Cl)cc4)cn(C)c3s2)cc1OC. The molecular weight excluding hydrogens is 528 g/mol. The second-order valence-corrected chi connectivity index (χ2v) is 10.2. The number of carbonyl (C=O) groups excluding carboxylic acids is 1. The Kier molecular flexibility index (Phi) is 9.06. The van der Waals surface area contributed by atoms with Gasteiger partial charge in [-0.2, -0.15) is 0 Å². The van der Waals surface area contributed by atoms with Crippen molar-refractivity contribution in [3.8, 4) is 11.5 Å². The van der Waals surface area contributed by atoms with Crippen LogP contribution < -0.4 is 20.2 Å². The van der Waals surface area contributed by atoms with E-state index in [9.17, 15) is 14.7 Å². The lowest BCUT2D eigenvalue weighted by molar-refractivity contribution is 0.0744. The van der Waals surface area contributed by atoms with Gasteiger partial charge in [-0.1, -0.05) is 29.8 Å². The van der Waals surface area contributed by atoms with Crippen molar-refractivity contribution in [3.63, 3.8) is 0 Å². The number of ether oxygens (including phenoxy) is 3. The number of hydrogen-bond acceptors (Lipinski definition) is 7. The van der Waals surface area contributed by atoms with E-state index in [1.165, 1.54) is 11.3 Å². The molecule has 0 saturated heterocycles. The van der Waals surface area contributed by atoms with Gasteiger partial charge in [0.2, 0.25) is 5.43 Å². The third kappa shape index (κ3) is 6.36. The van der Waals surface area contributed by atoms with E-state index in [2.05, 4.69) is 5.32 Å². The predicted molar refractivity (Wildman–Crippen MR) is 148 cm³/mol. The highest BCUT2D eigenvalue weighted by Crippen LogP contribution is 2.31. The fourth-order valence-corrected chi connectivity index (χ4v) is 5.17. The summed E-state index contributed by atoms with van der Waals surface area (Å²) in [6.45, 7) is 0.892. The van der Waals surface area contributed by atoms with Crippen LogP contribution in [0.3, 0.4) is 0 Å². The van der Waals surface area contributed by atoms with Crippen LogP contribution in [0.2, 0.25) is 5.02 Å². The first-order valence-corrected chi connectivity index (χ1v) is 13.1. The zero-order chi connectivity index (χ0) is 27.2. The quantitative estimate of drug-likeness (QED) is 0.256. The number of fused-ring (bicyclic) bond motifs is 1. The molecular formula is C28H29ClN2O6S. The summed E-state index contributed by atoms with van der Waals surface area (Å²) < 4.78 is 18.1. The van der Waals surface area contributed by atoms with Gasteiger partial charge in [0.15, 0.2) is 11.5 Å². The van der Waals surface area contributed by atoms with Gasteiger partial charge in [-0.05, 0) is 41.5 Å². The number of aliphatic hydroxyl groups is 1. The number of methoxy groups -OCH3 is 2. The van der Waals surface area contributed by atoms with Gasteiger partial charge >= 0.3 is 0 Å². The van der Waals surface area contributed by atoms with E-state index < -0.39 is 12.0 Å². The van der Waals surface area contributed by atoms with Crippen LogP contribution in [0.25, 0.3) is 10.2 Å². The molecule has 8 nitrogen and oxygen atoms in total. The van der Waals surface area contributed by atoms with E-state index in [-0.39, 0.29) is 24.1 Å². The van der Waals surface area contributed by atoms with Crippen molar-refractivity contribution in [1.82, 2.24) is 9.88 Å². The number of carbonyl (C=O) groups is 1. The second-order valence-electron chi connectivity index (χ2n) is 8.69. The van der Waals surface area contributed by atoms with Crippen molar-refractivity contribution in [1.29, 1.82) is 0 Å². The first-order chi connectivity index (χ1) is 18.3. The number of aliphatic hydroxyl groups excluding tert-OH is 1. The van der Waals surface area contributed by atoms with Crippen LogP contribution in [-0.2, 0) is 24.9 Å². The zero-order valence-electron chi connectivity index (χ0n) is 21.3. The maximum absolute atomic E-state index is 13.1. The molecule has 4 aromatic rings. The number of rotatable bonds is 11. The summed E-state index contributed by atoms with van der Waals surface area (Å²) >= 11 is 7.34. The van der Waals surface area contributed by atoms with Crippen LogP contribution in [0, 0.1) is 0 Å². The smallest absolute Gasteiger partial charge is 0.257 e. The van der Waals surface area contributed by atoms with Gasteiger partial charge in [0, 0.05) is 42.7 Å². The molecule has 0 aliphatic heterocycles. The lowest BCUT2D eigenvalue weighted by atomic mass is 10.1. The van der Waals surface area contributed by atoms with Crippen molar-refractivity contribution in [2.45, 2.75) is 25.7 Å². The third-order valence-electron chi connectivity index (χ3n) is 6.08. The Balaban J connectivity index is 1.37. The molecule has 0 aliphatic rings. The normalized spacial score (nSPS) is 11.9. The maximum Gasteiger partial charge on any atom is 0.257 e. The maximum atomic E-state index is 13.1. The lowest BCUT2D eigenvalue weighted by Crippen LogP contribution is -2.29. The fraction of sp³-hybridized carbons (Fsp3) is 0.286. The first kappa shape index (κ1) is 27.7. The van der Waals surface area contributed by atoms with E-state index in [0.29, 0.717) is 40.5 Å². The molecule has 4 rings (SSSR count). The Bertz CT molecular complexity index is 1480. The molecule has 200 valence electrons. The summed E-state index contributed by atoms with van der Waals surface area (Å²) in [7, 11) is 4.91. The summed E-state index contributed by atoms with van der Waals surface area (Å²) in [5.41, 5.74) is 1.35. The number of aryl methyl sites for hydroxylation is 1. The van der Waals surface area contributed by atoms with Gasteiger partial charge in [0.25, 0.3) is 5.91 Å². The first-order valence-electron chi connectivity index (χ1n) is 11.9. The molecule has 0 bridgehead atoms. The number of thiophene rings is 1. The van der Waals surface area contributed by atoms with E-state index in [4.69, 9.17) is 25.8 Å². The van der Waals surface area contributed by atoms with Crippen LogP contribution in [-0.4, -0.2) is 36.4 Å². The molecule has 1 amide bonds. The molecule has 38 heavy (non-hydrogen) atoms. The monoisotopic (exact) mass is 556 g/mol. The van der Waals surface area contributed by atoms with Gasteiger partial charge in [0.05, 0.1) is 32.3 Å². The standard InChI is InChI=1S/C28H29ClN2O6S/c1-31-15-22(27(34)30-14-17-4-7-19(29)8-5-17)26(33)21-13-20(38-28(21)31)16-37-11-10-23(32)18-6-9-24(35-2)25(12-18)36-3/h4-9,12-13,15,23,32H,10-11,14,16H2,1-3H3,(H,30,34). The van der Waals surface area contributed by atoms with Crippen molar-refractivity contribution in [2.75, 3.05) is 20.8 Å². The highest BCUT2D eigenvalue weighted by atomic mass is 35.5. The van der Waals surface area contributed by atoms with Gasteiger partial charge in [0.1, 0.15) is 10.4 Å². The topological polar surface area (TPSA) is 99.0 Å². The number of amides is 1. The Morgan fingerprint density at radius 2 is 1.84 bits per heavy atom. The molecule has 0 spiro atoms. The summed E-state index contributed by atoms with van der Waals surface area (Å²) in [5, 5.41) is 14.4. The molecule has 0 fully saturated rings. The molecule has 2 aromatic heterocycles. The van der Waals surface area contributed by atoms with E-state index >= 15 is 0 Å². The zero-order valence-corrected chi connectivity index (χ0v) is 22.9. The predicted octanol–water partition coefficient (Wildman–Crippen LogP) is 4.84. The molecule has 1 unspecified atom stereocenters. The number of nitrogens with zero attached hydrogens (tertiary/aromatic N) is 1. The largest absolute Gasteiger partial charge is 0.493 e. The van der Waals surface area contributed by atoms with E-state index in [1.54, 1.807) is 68.4 Å². The van der Waals surface area contributed by atoms with Crippen LogP contribution in [0.5, 0.6) is 11.5 Å². The molecule has 0 saturated carbocycles. The number of aromatic nitrogens is 1. The van der Waals surface area contributed by atoms with Gasteiger partial charge in [-0.3, -0.25) is 9.59 Å². The number of pyridine rings is 1. The van der Waals surface area contributed by atoms with Crippen LogP contribution in [0.1, 0.15) is 38.9 Å². The van der Waals surface area contributed by atoms with E-state index in [1.807, 2.05) is 12.1 Å². The molecule has 0 aliphatic carbocycles. The molecule has 2 heterocycles. The highest BCUT2D eigenvalue weighted by molar-refractivity contribution is 7.18. The van der Waals surface area contributed by atoms with E-state index in [0.717, 1.165) is 15.3 Å². The number of benzene rings is 2. The number of nitrogens with one attached hydrogen (secondary N) is 1. The van der Waals surface area contributed by atoms with Gasteiger partial charge < -0.3 is 29.2 Å². The number of halogens is 1. The van der Waals surface area contributed by atoms with Crippen LogP contribution in [0.4, 0.5) is 0 Å². The van der Waals surface area contributed by atoms with Gasteiger partial charge in [-0.25, -0.2) is 0 Å². The fourth-order valence-electron chi connectivity index (χ4n) is 4.02. The van der Waals surface area contributed by atoms with Crippen molar-refractivity contribution >= 4 is 39.1 Å². The Morgan fingerprint density at radius 3 is 2.55 bits per heavy atom. The lowest BCUT2D eigenvalue weighted by Gasteiger charge is -2.14. The van der Waals surface area contributed by atoms with Crippen molar-refractivity contribution < 1.29 is 24.1 Å². The summed E-state index contributed by atoms with van der Waals surface area (Å²) in [4.78, 5) is 27.5. The Hall–Kier alpha value is -3.37. The van der Waals surface area contributed by atoms with Crippen molar-refractivity contribution in [3.05, 3.63) is 91.5 Å². The summed E-state index contributed by atoms with van der Waals surface area (Å²) in [6.07, 6.45) is 1.22. The summed E-state index contributed by atoms with van der Waals surface area (Å²) in [5.74, 6) is 0.711. The average Bonchev–Trinajstić information content (AvgIpc) is 3.37. The Morgan fingerprint density at radius 1 is 1.11 bits per heavy atom. The molecule has 0 radical (unpaired) electrons.